The number of benzene rings is 2. The molecule has 2 heterocycles. The molecule has 126 valence electrons. The van der Waals surface area contributed by atoms with E-state index in [0.717, 1.165) is 23.3 Å². The zero-order valence-corrected chi connectivity index (χ0v) is 15.2. The van der Waals surface area contributed by atoms with E-state index < -0.39 is 0 Å². The SMILES string of the molecule is O=C1NC(=Nc2c(Cl)cccc2Cl)SC1=Cc1ccc2c(c1)CCO2. The standard InChI is InChI=1S/C18H12Cl2N2O2S/c19-12-2-1-3-13(20)16(12)21-18-22-17(23)15(25-18)9-10-4-5-14-11(8-10)6-7-24-14/h1-5,8-9H,6-7H2,(H,21,22,23). The Hall–Kier alpha value is -1.95. The fraction of sp³-hybridized carbons (Fsp3) is 0.111. The highest BCUT2D eigenvalue weighted by atomic mass is 35.5. The van der Waals surface area contributed by atoms with Crippen LogP contribution in [0.25, 0.3) is 6.08 Å². The molecule has 2 aromatic rings. The van der Waals surface area contributed by atoms with Crippen molar-refractivity contribution >= 4 is 57.8 Å². The number of carbonyl (C=O) groups is 1. The van der Waals surface area contributed by atoms with Crippen LogP contribution in [-0.2, 0) is 11.2 Å². The van der Waals surface area contributed by atoms with Gasteiger partial charge in [-0.05, 0) is 53.2 Å². The third kappa shape index (κ3) is 3.40. The summed E-state index contributed by atoms with van der Waals surface area (Å²) in [6.45, 7) is 0.708. The number of hydrogen-bond donors (Lipinski definition) is 1. The van der Waals surface area contributed by atoms with E-state index in [9.17, 15) is 4.79 Å². The molecule has 0 atom stereocenters. The summed E-state index contributed by atoms with van der Waals surface area (Å²) in [5.74, 6) is 0.727. The number of hydrogen-bond acceptors (Lipinski definition) is 4. The number of nitrogens with one attached hydrogen (secondary N) is 1. The molecule has 0 bridgehead atoms. The highest BCUT2D eigenvalue weighted by Gasteiger charge is 2.24. The van der Waals surface area contributed by atoms with Crippen LogP contribution in [0.1, 0.15) is 11.1 Å². The summed E-state index contributed by atoms with van der Waals surface area (Å²) < 4.78 is 5.50. The molecule has 25 heavy (non-hydrogen) atoms. The number of para-hydroxylation sites is 1. The molecule has 2 aliphatic rings. The molecule has 0 radical (unpaired) electrons. The first-order valence-electron chi connectivity index (χ1n) is 7.59. The number of halogens is 2. The molecule has 2 aromatic carbocycles. The second-order valence-electron chi connectivity index (χ2n) is 5.52. The smallest absolute Gasteiger partial charge is 0.264 e. The lowest BCUT2D eigenvalue weighted by molar-refractivity contribution is -0.115. The van der Waals surface area contributed by atoms with Crippen LogP contribution in [0, 0.1) is 0 Å². The lowest BCUT2D eigenvalue weighted by Crippen LogP contribution is -2.19. The first-order valence-corrected chi connectivity index (χ1v) is 9.17. The van der Waals surface area contributed by atoms with Crippen molar-refractivity contribution < 1.29 is 9.53 Å². The maximum atomic E-state index is 12.2. The number of rotatable bonds is 2. The van der Waals surface area contributed by atoms with E-state index >= 15 is 0 Å². The Morgan fingerprint density at radius 1 is 1.20 bits per heavy atom. The van der Waals surface area contributed by atoms with Gasteiger partial charge in [-0.25, -0.2) is 4.99 Å². The molecule has 1 fully saturated rings. The van der Waals surface area contributed by atoms with E-state index in [2.05, 4.69) is 10.3 Å². The van der Waals surface area contributed by atoms with Crippen LogP contribution in [0.3, 0.4) is 0 Å². The minimum atomic E-state index is -0.191. The van der Waals surface area contributed by atoms with Gasteiger partial charge in [0.15, 0.2) is 5.17 Å². The number of thioether (sulfide) groups is 1. The Bertz CT molecular complexity index is 920. The number of amides is 1. The second kappa shape index (κ2) is 6.75. The quantitative estimate of drug-likeness (QED) is 0.747. The first-order chi connectivity index (χ1) is 12.1. The zero-order chi connectivity index (χ0) is 17.4. The molecule has 0 spiro atoms. The van der Waals surface area contributed by atoms with Gasteiger partial charge in [0.1, 0.15) is 11.4 Å². The van der Waals surface area contributed by atoms with Crippen molar-refractivity contribution in [2.45, 2.75) is 6.42 Å². The number of carbonyl (C=O) groups excluding carboxylic acids is 1. The summed E-state index contributed by atoms with van der Waals surface area (Å²) in [5, 5.41) is 4.07. The predicted molar refractivity (Wildman–Crippen MR) is 103 cm³/mol. The highest BCUT2D eigenvalue weighted by Crippen LogP contribution is 2.36. The zero-order valence-electron chi connectivity index (χ0n) is 12.9. The second-order valence-corrected chi connectivity index (χ2v) is 7.36. The van der Waals surface area contributed by atoms with Gasteiger partial charge in [-0.2, -0.15) is 0 Å². The van der Waals surface area contributed by atoms with Crippen LogP contribution in [0.4, 0.5) is 5.69 Å². The van der Waals surface area contributed by atoms with Gasteiger partial charge in [0.05, 0.1) is 21.6 Å². The summed E-state index contributed by atoms with van der Waals surface area (Å²) in [6.07, 6.45) is 2.73. The summed E-state index contributed by atoms with van der Waals surface area (Å²) in [6, 6.07) is 11.1. The van der Waals surface area contributed by atoms with Gasteiger partial charge in [-0.1, -0.05) is 35.3 Å². The van der Waals surface area contributed by atoms with E-state index in [4.69, 9.17) is 27.9 Å². The molecule has 2 aliphatic heterocycles. The molecule has 0 aromatic heterocycles. The molecule has 0 saturated carbocycles. The fourth-order valence-corrected chi connectivity index (χ4v) is 3.94. The van der Waals surface area contributed by atoms with Gasteiger partial charge in [-0.3, -0.25) is 4.79 Å². The molecule has 1 N–H and O–H groups in total. The molecular formula is C18H12Cl2N2O2S. The van der Waals surface area contributed by atoms with E-state index in [1.807, 2.05) is 24.3 Å². The van der Waals surface area contributed by atoms with E-state index in [1.54, 1.807) is 18.2 Å². The molecule has 0 aliphatic carbocycles. The van der Waals surface area contributed by atoms with E-state index in [-0.39, 0.29) is 5.91 Å². The average Bonchev–Trinajstić information content (AvgIpc) is 3.18. The van der Waals surface area contributed by atoms with E-state index in [0.29, 0.717) is 32.4 Å². The number of amidine groups is 1. The number of ether oxygens (including phenoxy) is 1. The molecular weight excluding hydrogens is 379 g/mol. The van der Waals surface area contributed by atoms with Crippen LogP contribution >= 0.6 is 35.0 Å². The average molecular weight is 391 g/mol. The molecule has 4 nitrogen and oxygen atoms in total. The summed E-state index contributed by atoms with van der Waals surface area (Å²) >= 11 is 13.5. The Balaban J connectivity index is 1.61. The van der Waals surface area contributed by atoms with Gasteiger partial charge in [0.25, 0.3) is 5.91 Å². The van der Waals surface area contributed by atoms with Crippen LogP contribution in [0.2, 0.25) is 10.0 Å². The lowest BCUT2D eigenvalue weighted by atomic mass is 10.1. The summed E-state index contributed by atoms with van der Waals surface area (Å²) in [5.41, 5.74) is 2.57. The van der Waals surface area contributed by atoms with Gasteiger partial charge in [0, 0.05) is 6.42 Å². The Labute approximate surface area is 158 Å². The molecule has 0 unspecified atom stereocenters. The number of fused-ring (bicyclic) bond motifs is 1. The molecule has 7 heteroatoms. The lowest BCUT2D eigenvalue weighted by Gasteiger charge is -2.01. The van der Waals surface area contributed by atoms with Gasteiger partial charge in [0.2, 0.25) is 0 Å². The minimum Gasteiger partial charge on any atom is -0.493 e. The van der Waals surface area contributed by atoms with Crippen LogP contribution in [0.5, 0.6) is 5.75 Å². The maximum Gasteiger partial charge on any atom is 0.264 e. The van der Waals surface area contributed by atoms with Gasteiger partial charge >= 0.3 is 0 Å². The highest BCUT2D eigenvalue weighted by molar-refractivity contribution is 8.18. The van der Waals surface area contributed by atoms with Crippen LogP contribution in [0.15, 0.2) is 46.3 Å². The number of nitrogens with zero attached hydrogens (tertiary/aromatic N) is 1. The predicted octanol–water partition coefficient (Wildman–Crippen LogP) is 4.82. The molecule has 4 rings (SSSR count). The van der Waals surface area contributed by atoms with Crippen LogP contribution < -0.4 is 10.1 Å². The third-order valence-electron chi connectivity index (χ3n) is 3.81. The molecule has 1 amide bonds. The Morgan fingerprint density at radius 2 is 2.00 bits per heavy atom. The van der Waals surface area contributed by atoms with Crippen molar-refractivity contribution in [1.82, 2.24) is 5.32 Å². The Morgan fingerprint density at radius 3 is 2.80 bits per heavy atom. The van der Waals surface area contributed by atoms with Crippen molar-refractivity contribution in [3.05, 3.63) is 62.5 Å². The summed E-state index contributed by atoms with van der Waals surface area (Å²) in [7, 11) is 0. The Kier molecular flexibility index (Phi) is 4.46. The van der Waals surface area contributed by atoms with Crippen molar-refractivity contribution in [2.24, 2.45) is 4.99 Å². The van der Waals surface area contributed by atoms with Crippen molar-refractivity contribution in [1.29, 1.82) is 0 Å². The monoisotopic (exact) mass is 390 g/mol. The topological polar surface area (TPSA) is 50.7 Å². The molecule has 1 saturated heterocycles. The van der Waals surface area contributed by atoms with Crippen molar-refractivity contribution in [3.63, 3.8) is 0 Å². The first kappa shape index (κ1) is 16.5. The third-order valence-corrected chi connectivity index (χ3v) is 5.33. The van der Waals surface area contributed by atoms with E-state index in [1.165, 1.54) is 11.8 Å². The van der Waals surface area contributed by atoms with Crippen LogP contribution in [-0.4, -0.2) is 17.7 Å². The number of aliphatic imine (C=N–C) groups is 1. The van der Waals surface area contributed by atoms with Gasteiger partial charge in [-0.15, -0.1) is 0 Å². The minimum absolute atomic E-state index is 0.191. The normalized spacial score (nSPS) is 19.2. The maximum absolute atomic E-state index is 12.2. The van der Waals surface area contributed by atoms with Crippen molar-refractivity contribution in [2.75, 3.05) is 6.61 Å². The largest absolute Gasteiger partial charge is 0.493 e. The van der Waals surface area contributed by atoms with Gasteiger partial charge < -0.3 is 10.1 Å². The fourth-order valence-electron chi connectivity index (χ4n) is 2.63. The summed E-state index contributed by atoms with van der Waals surface area (Å²) in [4.78, 5) is 17.2. The van der Waals surface area contributed by atoms with Crippen molar-refractivity contribution in [3.8, 4) is 5.75 Å².